The monoisotopic (exact) mass is 384 g/mol. The molecule has 1 heterocycles. The second kappa shape index (κ2) is 6.74. The largest absolute Gasteiger partial charge is 0.345 e. The Morgan fingerprint density at radius 1 is 1.00 bits per heavy atom. The fraction of sp³-hybridized carbons (Fsp3) is 0.118. The topological polar surface area (TPSA) is 28.7 Å². The number of nitrogens with zero attached hydrogens (tertiary/aromatic N) is 1. The van der Waals surface area contributed by atoms with Gasteiger partial charge in [-0.25, -0.2) is 4.98 Å². The zero-order chi connectivity index (χ0) is 16.6. The van der Waals surface area contributed by atoms with Crippen LogP contribution in [0.25, 0.3) is 11.3 Å². The van der Waals surface area contributed by atoms with E-state index in [1.807, 2.05) is 25.1 Å². The molecule has 0 aliphatic carbocycles. The molecule has 0 aliphatic heterocycles. The van der Waals surface area contributed by atoms with Crippen LogP contribution in [0.3, 0.4) is 0 Å². The average molecular weight is 386 g/mol. The van der Waals surface area contributed by atoms with E-state index in [0.717, 1.165) is 28.3 Å². The summed E-state index contributed by atoms with van der Waals surface area (Å²) < 4.78 is 0. The summed E-state index contributed by atoms with van der Waals surface area (Å²) in [7, 11) is 0. The van der Waals surface area contributed by atoms with Gasteiger partial charge in [-0.05, 0) is 36.8 Å². The summed E-state index contributed by atoms with van der Waals surface area (Å²) >= 11 is 24.5. The van der Waals surface area contributed by atoms with Crippen LogP contribution in [-0.2, 0) is 6.42 Å². The summed E-state index contributed by atoms with van der Waals surface area (Å²) in [4.78, 5) is 7.93. The van der Waals surface area contributed by atoms with Gasteiger partial charge >= 0.3 is 0 Å². The maximum Gasteiger partial charge on any atom is 0.111 e. The van der Waals surface area contributed by atoms with Gasteiger partial charge in [0.2, 0.25) is 0 Å². The lowest BCUT2D eigenvalue weighted by Gasteiger charge is -2.03. The van der Waals surface area contributed by atoms with Gasteiger partial charge in [0.25, 0.3) is 0 Å². The quantitative estimate of drug-likeness (QED) is 0.541. The Bertz CT molecular complexity index is 871. The number of aryl methyl sites for hydroxylation is 1. The van der Waals surface area contributed by atoms with Crippen LogP contribution < -0.4 is 0 Å². The van der Waals surface area contributed by atoms with Crippen molar-refractivity contribution in [1.29, 1.82) is 0 Å². The highest BCUT2D eigenvalue weighted by molar-refractivity contribution is 6.42. The van der Waals surface area contributed by atoms with Crippen molar-refractivity contribution in [3.8, 4) is 11.3 Å². The molecule has 2 aromatic carbocycles. The zero-order valence-electron chi connectivity index (χ0n) is 12.1. The molecule has 2 nitrogen and oxygen atoms in total. The Balaban J connectivity index is 1.96. The van der Waals surface area contributed by atoms with Gasteiger partial charge < -0.3 is 4.98 Å². The van der Waals surface area contributed by atoms with Crippen molar-refractivity contribution in [2.45, 2.75) is 13.3 Å². The fourth-order valence-electron chi connectivity index (χ4n) is 2.42. The number of halogens is 4. The zero-order valence-corrected chi connectivity index (χ0v) is 15.2. The lowest BCUT2D eigenvalue weighted by molar-refractivity contribution is 1.02. The van der Waals surface area contributed by atoms with Gasteiger partial charge in [0.1, 0.15) is 5.82 Å². The van der Waals surface area contributed by atoms with E-state index in [4.69, 9.17) is 46.4 Å². The SMILES string of the molecule is Cc1[nH]c(Cc2cccc(Cl)c2Cl)nc1-c1ccc(Cl)cc1Cl. The second-order valence-electron chi connectivity index (χ2n) is 5.17. The molecular weight excluding hydrogens is 374 g/mol. The molecule has 0 amide bonds. The minimum atomic E-state index is 0.536. The predicted molar refractivity (Wildman–Crippen MR) is 98.0 cm³/mol. The fourth-order valence-corrected chi connectivity index (χ4v) is 3.30. The molecule has 1 aromatic heterocycles. The third-order valence-electron chi connectivity index (χ3n) is 3.51. The van der Waals surface area contributed by atoms with E-state index in [0.29, 0.717) is 26.5 Å². The van der Waals surface area contributed by atoms with E-state index in [9.17, 15) is 0 Å². The summed E-state index contributed by atoms with van der Waals surface area (Å²) in [6.45, 7) is 1.95. The molecule has 0 saturated carbocycles. The molecule has 3 aromatic rings. The van der Waals surface area contributed by atoms with E-state index in [2.05, 4.69) is 9.97 Å². The Morgan fingerprint density at radius 2 is 1.78 bits per heavy atom. The van der Waals surface area contributed by atoms with Crippen molar-refractivity contribution in [1.82, 2.24) is 9.97 Å². The number of hydrogen-bond acceptors (Lipinski definition) is 1. The molecule has 0 spiro atoms. The first-order valence-electron chi connectivity index (χ1n) is 6.89. The normalized spacial score (nSPS) is 11.0. The Labute approximate surface area is 154 Å². The molecule has 1 N–H and O–H groups in total. The number of H-pyrrole nitrogens is 1. The number of imidazole rings is 1. The van der Waals surface area contributed by atoms with Crippen molar-refractivity contribution in [3.63, 3.8) is 0 Å². The van der Waals surface area contributed by atoms with Gasteiger partial charge in [-0.2, -0.15) is 0 Å². The highest BCUT2D eigenvalue weighted by atomic mass is 35.5. The maximum absolute atomic E-state index is 6.27. The van der Waals surface area contributed by atoms with Crippen LogP contribution in [0, 0.1) is 6.92 Å². The highest BCUT2D eigenvalue weighted by Crippen LogP contribution is 2.32. The summed E-state index contributed by atoms with van der Waals surface area (Å²) in [5.74, 6) is 0.799. The van der Waals surface area contributed by atoms with Crippen molar-refractivity contribution in [3.05, 3.63) is 73.6 Å². The third kappa shape index (κ3) is 3.51. The van der Waals surface area contributed by atoms with Crippen LogP contribution >= 0.6 is 46.4 Å². The van der Waals surface area contributed by atoms with Crippen molar-refractivity contribution in [2.75, 3.05) is 0 Å². The van der Waals surface area contributed by atoms with Gasteiger partial charge in [0, 0.05) is 22.7 Å². The summed E-state index contributed by atoms with van der Waals surface area (Å²) in [5.41, 5.74) is 3.50. The molecule has 0 bridgehead atoms. The minimum absolute atomic E-state index is 0.536. The van der Waals surface area contributed by atoms with Crippen LogP contribution in [0.5, 0.6) is 0 Å². The van der Waals surface area contributed by atoms with E-state index < -0.39 is 0 Å². The molecule has 0 saturated heterocycles. The number of aromatic amines is 1. The average Bonchev–Trinajstić information content (AvgIpc) is 2.84. The molecule has 23 heavy (non-hydrogen) atoms. The number of benzene rings is 2. The predicted octanol–water partition coefficient (Wildman–Crippen LogP) is 6.59. The summed E-state index contributed by atoms with van der Waals surface area (Å²) in [5, 5.41) is 2.25. The number of hydrogen-bond donors (Lipinski definition) is 1. The first-order valence-corrected chi connectivity index (χ1v) is 8.40. The molecular formula is C17H12Cl4N2. The first-order chi connectivity index (χ1) is 11.0. The van der Waals surface area contributed by atoms with Gasteiger partial charge in [-0.15, -0.1) is 0 Å². The Hall–Kier alpha value is -1.19. The van der Waals surface area contributed by atoms with Gasteiger partial charge in [-0.1, -0.05) is 58.5 Å². The number of aromatic nitrogens is 2. The maximum atomic E-state index is 6.27. The lowest BCUT2D eigenvalue weighted by atomic mass is 10.1. The minimum Gasteiger partial charge on any atom is -0.345 e. The molecule has 0 unspecified atom stereocenters. The number of nitrogens with one attached hydrogen (secondary N) is 1. The van der Waals surface area contributed by atoms with E-state index >= 15 is 0 Å². The molecule has 0 atom stereocenters. The molecule has 6 heteroatoms. The molecule has 0 fully saturated rings. The van der Waals surface area contributed by atoms with E-state index in [1.165, 1.54) is 0 Å². The van der Waals surface area contributed by atoms with Crippen molar-refractivity contribution < 1.29 is 0 Å². The Morgan fingerprint density at radius 3 is 2.52 bits per heavy atom. The molecule has 118 valence electrons. The molecule has 0 aliphatic rings. The second-order valence-corrected chi connectivity index (χ2v) is 6.80. The third-order valence-corrected chi connectivity index (χ3v) is 4.92. The van der Waals surface area contributed by atoms with Crippen molar-refractivity contribution >= 4 is 46.4 Å². The Kier molecular flexibility index (Phi) is 4.88. The van der Waals surface area contributed by atoms with Crippen LogP contribution in [0.15, 0.2) is 36.4 Å². The lowest BCUT2D eigenvalue weighted by Crippen LogP contribution is -1.92. The standard InChI is InChI=1S/C17H12Cl4N2/c1-9-17(12-6-5-11(18)8-14(12)20)23-15(22-9)7-10-3-2-4-13(19)16(10)21/h2-6,8H,7H2,1H3,(H,22,23). The van der Waals surface area contributed by atoms with Crippen molar-refractivity contribution in [2.24, 2.45) is 0 Å². The van der Waals surface area contributed by atoms with Gasteiger partial charge in [-0.3, -0.25) is 0 Å². The smallest absolute Gasteiger partial charge is 0.111 e. The van der Waals surface area contributed by atoms with Crippen LogP contribution in [-0.4, -0.2) is 9.97 Å². The van der Waals surface area contributed by atoms with E-state index in [-0.39, 0.29) is 0 Å². The van der Waals surface area contributed by atoms with Crippen LogP contribution in [0.2, 0.25) is 20.1 Å². The van der Waals surface area contributed by atoms with Crippen LogP contribution in [0.1, 0.15) is 17.1 Å². The molecule has 0 radical (unpaired) electrons. The van der Waals surface area contributed by atoms with Gasteiger partial charge in [0.15, 0.2) is 0 Å². The first kappa shape index (κ1) is 16.7. The van der Waals surface area contributed by atoms with Crippen LogP contribution in [0.4, 0.5) is 0 Å². The molecule has 3 rings (SSSR count). The van der Waals surface area contributed by atoms with E-state index in [1.54, 1.807) is 18.2 Å². The number of rotatable bonds is 3. The highest BCUT2D eigenvalue weighted by Gasteiger charge is 2.14. The summed E-state index contributed by atoms with van der Waals surface area (Å²) in [6.07, 6.45) is 0.561. The summed E-state index contributed by atoms with van der Waals surface area (Å²) in [6, 6.07) is 10.9. The van der Waals surface area contributed by atoms with Gasteiger partial charge in [0.05, 0.1) is 20.8 Å².